The van der Waals surface area contributed by atoms with Gasteiger partial charge in [-0.2, -0.15) is 0 Å². The van der Waals surface area contributed by atoms with Gasteiger partial charge in [0.05, 0.1) is 12.1 Å². The zero-order valence-corrected chi connectivity index (χ0v) is 11.4. The van der Waals surface area contributed by atoms with Crippen molar-refractivity contribution in [3.63, 3.8) is 0 Å². The molecule has 0 heterocycles. The Hall–Kier alpha value is -0.670. The summed E-state index contributed by atoms with van der Waals surface area (Å²) >= 11 is 0. The predicted molar refractivity (Wildman–Crippen MR) is 69.9 cm³/mol. The minimum atomic E-state index is -0.513. The first-order valence-electron chi connectivity index (χ1n) is 6.51. The molecule has 1 rings (SSSR count). The van der Waals surface area contributed by atoms with Crippen LogP contribution in [0.2, 0.25) is 0 Å². The van der Waals surface area contributed by atoms with Crippen molar-refractivity contribution < 1.29 is 9.90 Å². The molecule has 2 atom stereocenters. The first-order valence-corrected chi connectivity index (χ1v) is 6.51. The van der Waals surface area contributed by atoms with E-state index in [4.69, 9.17) is 0 Å². The number of ketones is 1. The highest BCUT2D eigenvalue weighted by molar-refractivity contribution is 5.95. The van der Waals surface area contributed by atoms with Crippen LogP contribution in [0, 0.1) is 5.41 Å². The molecule has 0 aromatic rings. The highest BCUT2D eigenvalue weighted by Gasteiger charge is 2.37. The number of Topliss-reactive ketones (excluding diaryl/α,β-unsaturated/α-hetero) is 1. The molecule has 0 bridgehead atoms. The summed E-state index contributed by atoms with van der Waals surface area (Å²) in [5.74, 6) is 0.147. The third-order valence-corrected chi connectivity index (χ3v) is 3.54. The quantitative estimate of drug-likeness (QED) is 0.738. The summed E-state index contributed by atoms with van der Waals surface area (Å²) in [5, 5.41) is 13.7. The number of nitrogens with one attached hydrogen (secondary N) is 1. The van der Waals surface area contributed by atoms with Crippen LogP contribution in [0.1, 0.15) is 47.0 Å². The Kier molecular flexibility index (Phi) is 4.90. The van der Waals surface area contributed by atoms with Crippen molar-refractivity contribution in [1.29, 1.82) is 0 Å². The van der Waals surface area contributed by atoms with Crippen molar-refractivity contribution >= 4 is 5.78 Å². The Morgan fingerprint density at radius 2 is 2.18 bits per heavy atom. The van der Waals surface area contributed by atoms with Crippen molar-refractivity contribution in [3.8, 4) is 0 Å². The molecule has 1 aliphatic rings. The smallest absolute Gasteiger partial charge is 0.158 e. The number of hydrogen-bond donors (Lipinski definition) is 2. The topological polar surface area (TPSA) is 49.3 Å². The van der Waals surface area contributed by atoms with E-state index in [-0.39, 0.29) is 17.2 Å². The fourth-order valence-electron chi connectivity index (χ4n) is 2.21. The molecular weight excluding hydrogens is 214 g/mol. The number of allylic oxidation sites excluding steroid dienone is 1. The molecule has 0 saturated carbocycles. The Bertz CT molecular complexity index is 307. The normalized spacial score (nSPS) is 28.8. The maximum absolute atomic E-state index is 11.8. The van der Waals surface area contributed by atoms with Gasteiger partial charge in [-0.3, -0.25) is 4.79 Å². The zero-order chi connectivity index (χ0) is 13.1. The highest BCUT2D eigenvalue weighted by Crippen LogP contribution is 2.32. The van der Waals surface area contributed by atoms with Crippen LogP contribution in [0.15, 0.2) is 11.6 Å². The van der Waals surface area contributed by atoms with Gasteiger partial charge in [-0.25, -0.2) is 0 Å². The van der Waals surface area contributed by atoms with E-state index in [0.29, 0.717) is 6.42 Å². The second kappa shape index (κ2) is 5.78. The number of carbonyl (C=O) groups excluding carboxylic acids is 1. The van der Waals surface area contributed by atoms with E-state index < -0.39 is 6.10 Å². The van der Waals surface area contributed by atoms with Crippen LogP contribution >= 0.6 is 0 Å². The summed E-state index contributed by atoms with van der Waals surface area (Å²) in [6.07, 6.45) is 4.01. The molecule has 0 aromatic carbocycles. The van der Waals surface area contributed by atoms with Gasteiger partial charge in [0.1, 0.15) is 0 Å². The monoisotopic (exact) mass is 239 g/mol. The number of unbranched alkanes of at least 4 members (excludes halogenated alkanes) is 1. The second-order valence-corrected chi connectivity index (χ2v) is 5.72. The van der Waals surface area contributed by atoms with Gasteiger partial charge in [0, 0.05) is 6.42 Å². The van der Waals surface area contributed by atoms with E-state index in [0.717, 1.165) is 25.0 Å². The van der Waals surface area contributed by atoms with E-state index in [1.54, 1.807) is 0 Å². The molecule has 3 nitrogen and oxygen atoms in total. The van der Waals surface area contributed by atoms with Crippen LogP contribution in [-0.4, -0.2) is 29.6 Å². The molecule has 0 saturated heterocycles. The maximum Gasteiger partial charge on any atom is 0.158 e. The van der Waals surface area contributed by atoms with Gasteiger partial charge in [0.2, 0.25) is 0 Å². The molecule has 2 N–H and O–H groups in total. The molecule has 0 radical (unpaired) electrons. The van der Waals surface area contributed by atoms with E-state index in [1.165, 1.54) is 0 Å². The molecule has 2 unspecified atom stereocenters. The van der Waals surface area contributed by atoms with Crippen molar-refractivity contribution in [3.05, 3.63) is 11.6 Å². The van der Waals surface area contributed by atoms with Crippen LogP contribution in [0.3, 0.4) is 0 Å². The van der Waals surface area contributed by atoms with Crippen molar-refractivity contribution in [2.24, 2.45) is 5.41 Å². The number of hydrogen-bond acceptors (Lipinski definition) is 3. The fourth-order valence-corrected chi connectivity index (χ4v) is 2.21. The van der Waals surface area contributed by atoms with Gasteiger partial charge < -0.3 is 10.4 Å². The van der Waals surface area contributed by atoms with Crippen molar-refractivity contribution in [2.75, 3.05) is 6.54 Å². The minimum Gasteiger partial charge on any atom is -0.391 e. The molecule has 17 heavy (non-hydrogen) atoms. The van der Waals surface area contributed by atoms with Crippen LogP contribution in [0.25, 0.3) is 0 Å². The Morgan fingerprint density at radius 1 is 1.53 bits per heavy atom. The molecule has 0 aromatic heterocycles. The summed E-state index contributed by atoms with van der Waals surface area (Å²) < 4.78 is 0. The van der Waals surface area contributed by atoms with Crippen LogP contribution in [0.4, 0.5) is 0 Å². The molecule has 1 aliphatic carbocycles. The van der Waals surface area contributed by atoms with Gasteiger partial charge in [0.15, 0.2) is 5.78 Å². The van der Waals surface area contributed by atoms with Crippen LogP contribution < -0.4 is 5.32 Å². The number of rotatable bonds is 4. The van der Waals surface area contributed by atoms with E-state index in [2.05, 4.69) is 12.2 Å². The van der Waals surface area contributed by atoms with Crippen molar-refractivity contribution in [1.82, 2.24) is 5.32 Å². The van der Waals surface area contributed by atoms with E-state index in [9.17, 15) is 9.90 Å². The number of aliphatic hydroxyl groups is 1. The highest BCUT2D eigenvalue weighted by atomic mass is 16.3. The van der Waals surface area contributed by atoms with Gasteiger partial charge in [-0.1, -0.05) is 33.3 Å². The SMILES string of the molecule is CCCCNC1C=C(C)C(=O)CC(C)(C)C1O. The van der Waals surface area contributed by atoms with E-state index >= 15 is 0 Å². The van der Waals surface area contributed by atoms with E-state index in [1.807, 2.05) is 26.8 Å². The van der Waals surface area contributed by atoms with Gasteiger partial charge >= 0.3 is 0 Å². The number of carbonyl (C=O) groups is 1. The Labute approximate surface area is 104 Å². The largest absolute Gasteiger partial charge is 0.391 e. The fraction of sp³-hybridized carbons (Fsp3) is 0.786. The third-order valence-electron chi connectivity index (χ3n) is 3.54. The lowest BCUT2D eigenvalue weighted by Crippen LogP contribution is -2.46. The molecule has 0 aliphatic heterocycles. The predicted octanol–water partition coefficient (Wildman–Crippen LogP) is 2.05. The molecule has 0 amide bonds. The zero-order valence-electron chi connectivity index (χ0n) is 11.4. The first-order chi connectivity index (χ1) is 7.88. The van der Waals surface area contributed by atoms with Crippen LogP contribution in [0.5, 0.6) is 0 Å². The van der Waals surface area contributed by atoms with Crippen molar-refractivity contribution in [2.45, 2.75) is 59.1 Å². The lowest BCUT2D eigenvalue weighted by molar-refractivity contribution is -0.118. The average molecular weight is 239 g/mol. The summed E-state index contributed by atoms with van der Waals surface area (Å²) in [4.78, 5) is 11.8. The minimum absolute atomic E-state index is 0.108. The summed E-state index contributed by atoms with van der Waals surface area (Å²) in [6, 6.07) is -0.108. The van der Waals surface area contributed by atoms with Gasteiger partial charge in [-0.05, 0) is 30.9 Å². The lowest BCUT2D eigenvalue weighted by atomic mass is 9.80. The molecule has 3 heteroatoms. The third kappa shape index (κ3) is 3.65. The first kappa shape index (κ1) is 14.4. The van der Waals surface area contributed by atoms with Crippen LogP contribution in [-0.2, 0) is 4.79 Å². The summed E-state index contributed by atoms with van der Waals surface area (Å²) in [5.41, 5.74) is 0.401. The standard InChI is InChI=1S/C14H25NO2/c1-5-6-7-15-11-8-10(2)12(16)9-14(3,4)13(11)17/h8,11,13,15,17H,5-7,9H2,1-4H3. The maximum atomic E-state index is 11.8. The molecular formula is C14H25NO2. The Morgan fingerprint density at radius 3 is 2.76 bits per heavy atom. The molecule has 0 fully saturated rings. The van der Waals surface area contributed by atoms with Gasteiger partial charge in [-0.15, -0.1) is 0 Å². The number of aliphatic hydroxyl groups excluding tert-OH is 1. The average Bonchev–Trinajstić information content (AvgIpc) is 2.31. The molecule has 0 spiro atoms. The summed E-state index contributed by atoms with van der Waals surface area (Å²) in [7, 11) is 0. The summed E-state index contributed by atoms with van der Waals surface area (Å²) in [6.45, 7) is 8.77. The van der Waals surface area contributed by atoms with Gasteiger partial charge in [0.25, 0.3) is 0 Å². The Balaban J connectivity index is 2.80. The molecule has 98 valence electrons. The lowest BCUT2D eigenvalue weighted by Gasteiger charge is -2.33. The second-order valence-electron chi connectivity index (χ2n) is 5.72.